The number of aliphatic hydroxyl groups is 1. The molecule has 0 amide bonds. The van der Waals surface area contributed by atoms with Gasteiger partial charge in [0.15, 0.2) is 5.60 Å². The first kappa shape index (κ1) is 10.7. The molecular weight excluding hydrogens is 180 g/mol. The van der Waals surface area contributed by atoms with Gasteiger partial charge < -0.3 is 9.84 Å². The van der Waals surface area contributed by atoms with Crippen LogP contribution in [0.15, 0.2) is 24.3 Å². The van der Waals surface area contributed by atoms with Crippen molar-refractivity contribution in [3.05, 3.63) is 35.4 Å². The molecule has 1 rings (SSSR count). The smallest absolute Gasteiger partial charge is 0.342 e. The molecule has 1 atom stereocenters. The first-order valence-corrected chi connectivity index (χ1v) is 4.36. The summed E-state index contributed by atoms with van der Waals surface area (Å²) in [5.41, 5.74) is 0.0481. The van der Waals surface area contributed by atoms with Crippen LogP contribution < -0.4 is 0 Å². The standard InChI is InChI=1S/C11H14O3/c1-8-4-6-9(7-5-8)11(2,13)10(12)14-3/h4-7,13H,1-3H3. The van der Waals surface area contributed by atoms with Gasteiger partial charge in [0.05, 0.1) is 7.11 Å². The second-order valence-corrected chi connectivity index (χ2v) is 3.43. The Kier molecular flexibility index (Phi) is 2.91. The molecule has 0 aliphatic heterocycles. The van der Waals surface area contributed by atoms with E-state index in [0.29, 0.717) is 5.56 Å². The van der Waals surface area contributed by atoms with E-state index in [4.69, 9.17) is 0 Å². The maximum absolute atomic E-state index is 11.2. The summed E-state index contributed by atoms with van der Waals surface area (Å²) in [6.07, 6.45) is 0. The maximum atomic E-state index is 11.2. The fourth-order valence-corrected chi connectivity index (χ4v) is 1.19. The zero-order valence-electron chi connectivity index (χ0n) is 8.57. The van der Waals surface area contributed by atoms with Gasteiger partial charge in [0.25, 0.3) is 0 Å². The van der Waals surface area contributed by atoms with Gasteiger partial charge in [-0.3, -0.25) is 0 Å². The molecule has 0 aliphatic rings. The topological polar surface area (TPSA) is 46.5 Å². The normalized spacial score (nSPS) is 14.6. The minimum atomic E-state index is -1.57. The van der Waals surface area contributed by atoms with Crippen molar-refractivity contribution >= 4 is 5.97 Å². The van der Waals surface area contributed by atoms with E-state index in [2.05, 4.69) is 4.74 Å². The van der Waals surface area contributed by atoms with Crippen molar-refractivity contribution in [3.63, 3.8) is 0 Å². The first-order valence-electron chi connectivity index (χ1n) is 4.36. The number of esters is 1. The Labute approximate surface area is 83.3 Å². The lowest BCUT2D eigenvalue weighted by Crippen LogP contribution is -2.33. The fourth-order valence-electron chi connectivity index (χ4n) is 1.19. The number of rotatable bonds is 2. The molecular formula is C11H14O3. The van der Waals surface area contributed by atoms with Crippen molar-refractivity contribution in [2.24, 2.45) is 0 Å². The van der Waals surface area contributed by atoms with Gasteiger partial charge in [0.2, 0.25) is 0 Å². The quantitative estimate of drug-likeness (QED) is 0.723. The zero-order chi connectivity index (χ0) is 10.8. The molecule has 14 heavy (non-hydrogen) atoms. The number of methoxy groups -OCH3 is 1. The van der Waals surface area contributed by atoms with E-state index in [1.54, 1.807) is 12.1 Å². The fraction of sp³-hybridized carbons (Fsp3) is 0.364. The highest BCUT2D eigenvalue weighted by Crippen LogP contribution is 2.22. The minimum Gasteiger partial charge on any atom is -0.467 e. The molecule has 0 radical (unpaired) electrons. The van der Waals surface area contributed by atoms with Crippen LogP contribution in [0.1, 0.15) is 18.1 Å². The third-order valence-electron chi connectivity index (χ3n) is 2.20. The minimum absolute atomic E-state index is 0.537. The summed E-state index contributed by atoms with van der Waals surface area (Å²) in [5.74, 6) is -0.652. The third kappa shape index (κ3) is 1.93. The lowest BCUT2D eigenvalue weighted by atomic mass is 9.95. The van der Waals surface area contributed by atoms with E-state index in [9.17, 15) is 9.90 Å². The van der Waals surface area contributed by atoms with Crippen molar-refractivity contribution < 1.29 is 14.6 Å². The Morgan fingerprint density at radius 1 is 1.36 bits per heavy atom. The molecule has 0 aliphatic carbocycles. The molecule has 0 saturated carbocycles. The summed E-state index contributed by atoms with van der Waals surface area (Å²) >= 11 is 0. The predicted molar refractivity (Wildman–Crippen MR) is 52.8 cm³/mol. The van der Waals surface area contributed by atoms with Crippen molar-refractivity contribution in [2.45, 2.75) is 19.4 Å². The van der Waals surface area contributed by atoms with E-state index >= 15 is 0 Å². The Bertz CT molecular complexity index is 325. The Balaban J connectivity index is 3.03. The van der Waals surface area contributed by atoms with Gasteiger partial charge in [-0.1, -0.05) is 29.8 Å². The molecule has 0 bridgehead atoms. The van der Waals surface area contributed by atoms with Crippen LogP contribution in [-0.4, -0.2) is 18.2 Å². The number of ether oxygens (including phenoxy) is 1. The zero-order valence-corrected chi connectivity index (χ0v) is 8.57. The van der Waals surface area contributed by atoms with Crippen LogP contribution in [-0.2, 0) is 15.1 Å². The van der Waals surface area contributed by atoms with Crippen molar-refractivity contribution in [1.82, 2.24) is 0 Å². The maximum Gasteiger partial charge on any atom is 0.342 e. The number of aryl methyl sites for hydroxylation is 1. The first-order chi connectivity index (χ1) is 6.48. The van der Waals surface area contributed by atoms with Crippen molar-refractivity contribution in [3.8, 4) is 0 Å². The third-order valence-corrected chi connectivity index (χ3v) is 2.20. The van der Waals surface area contributed by atoms with E-state index in [1.807, 2.05) is 19.1 Å². The average molecular weight is 194 g/mol. The van der Waals surface area contributed by atoms with Gasteiger partial charge in [-0.15, -0.1) is 0 Å². The molecule has 3 nitrogen and oxygen atoms in total. The summed E-state index contributed by atoms with van der Waals surface area (Å²) in [4.78, 5) is 11.2. The van der Waals surface area contributed by atoms with Crippen LogP contribution >= 0.6 is 0 Å². The molecule has 0 heterocycles. The van der Waals surface area contributed by atoms with Crippen molar-refractivity contribution in [2.75, 3.05) is 7.11 Å². The monoisotopic (exact) mass is 194 g/mol. The number of hydrogen-bond acceptors (Lipinski definition) is 3. The number of hydrogen-bond donors (Lipinski definition) is 1. The Morgan fingerprint density at radius 2 is 1.86 bits per heavy atom. The number of carbonyl (C=O) groups excluding carboxylic acids is 1. The molecule has 0 aromatic heterocycles. The SMILES string of the molecule is COC(=O)C(C)(O)c1ccc(C)cc1. The number of carbonyl (C=O) groups is 1. The van der Waals surface area contributed by atoms with Gasteiger partial charge in [0, 0.05) is 0 Å². The Morgan fingerprint density at radius 3 is 2.29 bits per heavy atom. The molecule has 0 spiro atoms. The molecule has 0 saturated heterocycles. The van der Waals surface area contributed by atoms with Gasteiger partial charge in [0.1, 0.15) is 0 Å². The second kappa shape index (κ2) is 3.80. The van der Waals surface area contributed by atoms with E-state index in [1.165, 1.54) is 14.0 Å². The van der Waals surface area contributed by atoms with Crippen LogP contribution in [0, 0.1) is 6.92 Å². The Hall–Kier alpha value is -1.35. The molecule has 76 valence electrons. The highest BCUT2D eigenvalue weighted by atomic mass is 16.5. The summed E-state index contributed by atoms with van der Waals surface area (Å²) in [6.45, 7) is 3.36. The highest BCUT2D eigenvalue weighted by Gasteiger charge is 2.33. The molecule has 1 N–H and O–H groups in total. The largest absolute Gasteiger partial charge is 0.467 e. The van der Waals surface area contributed by atoms with Crippen LogP contribution in [0.4, 0.5) is 0 Å². The van der Waals surface area contributed by atoms with Gasteiger partial charge >= 0.3 is 5.97 Å². The molecule has 1 aromatic rings. The molecule has 3 heteroatoms. The summed E-state index contributed by atoms with van der Waals surface area (Å²) in [5, 5.41) is 9.87. The summed E-state index contributed by atoms with van der Waals surface area (Å²) < 4.78 is 4.51. The predicted octanol–water partition coefficient (Wildman–Crippen LogP) is 1.38. The van der Waals surface area contributed by atoms with Gasteiger partial charge in [-0.05, 0) is 19.4 Å². The lowest BCUT2D eigenvalue weighted by Gasteiger charge is -2.20. The molecule has 1 aromatic carbocycles. The second-order valence-electron chi connectivity index (χ2n) is 3.43. The highest BCUT2D eigenvalue weighted by molar-refractivity contribution is 5.80. The van der Waals surface area contributed by atoms with Crippen LogP contribution in [0.5, 0.6) is 0 Å². The summed E-state index contributed by atoms with van der Waals surface area (Å²) in [6, 6.07) is 7.11. The van der Waals surface area contributed by atoms with Crippen molar-refractivity contribution in [1.29, 1.82) is 0 Å². The van der Waals surface area contributed by atoms with Crippen LogP contribution in [0.2, 0.25) is 0 Å². The van der Waals surface area contributed by atoms with E-state index in [0.717, 1.165) is 5.56 Å². The lowest BCUT2D eigenvalue weighted by molar-refractivity contribution is -0.161. The molecule has 1 unspecified atom stereocenters. The van der Waals surface area contributed by atoms with E-state index in [-0.39, 0.29) is 0 Å². The van der Waals surface area contributed by atoms with Crippen LogP contribution in [0.3, 0.4) is 0 Å². The molecule has 0 fully saturated rings. The van der Waals surface area contributed by atoms with Crippen LogP contribution in [0.25, 0.3) is 0 Å². The van der Waals surface area contributed by atoms with Gasteiger partial charge in [-0.2, -0.15) is 0 Å². The van der Waals surface area contributed by atoms with E-state index < -0.39 is 11.6 Å². The van der Waals surface area contributed by atoms with Gasteiger partial charge in [-0.25, -0.2) is 4.79 Å². The average Bonchev–Trinajstić information content (AvgIpc) is 2.17. The summed E-state index contributed by atoms with van der Waals surface area (Å²) in [7, 11) is 1.25. The number of benzene rings is 1.